The molecule has 0 aromatic carbocycles. The Kier molecular flexibility index (Phi) is 5.03. The molecule has 4 aromatic heterocycles. The maximum absolute atomic E-state index is 12.7. The molecule has 0 N–H and O–H groups in total. The SMILES string of the molecule is CC(C)c1c(C(=O)OCc2coc(-c3cccs3)n2)cnn1-c1ccccn1. The van der Waals surface area contributed by atoms with Crippen LogP contribution < -0.4 is 0 Å². The van der Waals surface area contributed by atoms with Crippen LogP contribution in [0.15, 0.2) is 58.8 Å². The van der Waals surface area contributed by atoms with Crippen LogP contribution in [0.25, 0.3) is 16.6 Å². The van der Waals surface area contributed by atoms with Crippen molar-refractivity contribution in [3.05, 3.63) is 71.3 Å². The van der Waals surface area contributed by atoms with Crippen molar-refractivity contribution in [1.82, 2.24) is 19.7 Å². The fourth-order valence-electron chi connectivity index (χ4n) is 2.84. The normalized spacial score (nSPS) is 11.1. The highest BCUT2D eigenvalue weighted by Gasteiger charge is 2.23. The molecule has 7 nitrogen and oxygen atoms in total. The Hall–Kier alpha value is -3.26. The van der Waals surface area contributed by atoms with Gasteiger partial charge in [0.2, 0.25) is 5.89 Å². The van der Waals surface area contributed by atoms with Gasteiger partial charge in [-0.15, -0.1) is 11.3 Å². The topological polar surface area (TPSA) is 83.0 Å². The third-order valence-corrected chi connectivity index (χ3v) is 4.93. The molecule has 0 aliphatic rings. The number of thiophene rings is 1. The number of carbonyl (C=O) groups is 1. The minimum Gasteiger partial charge on any atom is -0.455 e. The fourth-order valence-corrected chi connectivity index (χ4v) is 3.49. The highest BCUT2D eigenvalue weighted by molar-refractivity contribution is 7.13. The minimum absolute atomic E-state index is 0.0278. The number of esters is 1. The quantitative estimate of drug-likeness (QED) is 0.449. The number of pyridine rings is 1. The predicted molar refractivity (Wildman–Crippen MR) is 104 cm³/mol. The Labute approximate surface area is 165 Å². The number of aromatic nitrogens is 4. The lowest BCUT2D eigenvalue weighted by Gasteiger charge is -2.11. The molecule has 0 spiro atoms. The standard InChI is InChI=1S/C20H18N4O3S/c1-13(2)18-15(10-22-24(18)17-7-3-4-8-21-17)20(25)27-12-14-11-26-19(23-14)16-6-5-9-28-16/h3-11,13H,12H2,1-2H3. The summed E-state index contributed by atoms with van der Waals surface area (Å²) in [4.78, 5) is 22.3. The lowest BCUT2D eigenvalue weighted by atomic mass is 10.1. The average molecular weight is 394 g/mol. The summed E-state index contributed by atoms with van der Waals surface area (Å²) >= 11 is 1.54. The lowest BCUT2D eigenvalue weighted by molar-refractivity contribution is 0.0466. The number of oxazole rings is 1. The second-order valence-electron chi connectivity index (χ2n) is 6.40. The van der Waals surface area contributed by atoms with E-state index in [-0.39, 0.29) is 12.5 Å². The van der Waals surface area contributed by atoms with Gasteiger partial charge in [-0.1, -0.05) is 26.0 Å². The molecule has 0 fully saturated rings. The molecule has 0 saturated heterocycles. The number of hydrogen-bond acceptors (Lipinski definition) is 7. The van der Waals surface area contributed by atoms with Crippen molar-refractivity contribution in [2.45, 2.75) is 26.4 Å². The largest absolute Gasteiger partial charge is 0.455 e. The summed E-state index contributed by atoms with van der Waals surface area (Å²) in [5.41, 5.74) is 1.73. The van der Waals surface area contributed by atoms with E-state index in [9.17, 15) is 4.79 Å². The van der Waals surface area contributed by atoms with E-state index in [0.717, 1.165) is 10.6 Å². The van der Waals surface area contributed by atoms with Gasteiger partial charge in [-0.05, 0) is 29.5 Å². The zero-order valence-corrected chi connectivity index (χ0v) is 16.2. The van der Waals surface area contributed by atoms with Crippen molar-refractivity contribution in [2.75, 3.05) is 0 Å². The first-order valence-electron chi connectivity index (χ1n) is 8.78. The van der Waals surface area contributed by atoms with E-state index in [1.165, 1.54) is 23.8 Å². The minimum atomic E-state index is -0.452. The smallest absolute Gasteiger partial charge is 0.342 e. The van der Waals surface area contributed by atoms with Gasteiger partial charge in [0.15, 0.2) is 5.82 Å². The monoisotopic (exact) mass is 394 g/mol. The summed E-state index contributed by atoms with van der Waals surface area (Å²) < 4.78 is 12.6. The van der Waals surface area contributed by atoms with Crippen LogP contribution in [0.2, 0.25) is 0 Å². The van der Waals surface area contributed by atoms with Gasteiger partial charge < -0.3 is 9.15 Å². The Bertz CT molecular complexity index is 1070. The number of carbonyl (C=O) groups excluding carboxylic acids is 1. The molecule has 4 aromatic rings. The van der Waals surface area contributed by atoms with Crippen LogP contribution in [-0.4, -0.2) is 25.7 Å². The fraction of sp³-hybridized carbons (Fsp3) is 0.200. The van der Waals surface area contributed by atoms with Crippen molar-refractivity contribution < 1.29 is 13.9 Å². The summed E-state index contributed by atoms with van der Waals surface area (Å²) in [6, 6.07) is 9.40. The van der Waals surface area contributed by atoms with E-state index in [1.54, 1.807) is 10.9 Å². The molecule has 28 heavy (non-hydrogen) atoms. The molecule has 0 aliphatic heterocycles. The molecule has 0 amide bonds. The van der Waals surface area contributed by atoms with Gasteiger partial charge in [-0.25, -0.2) is 19.4 Å². The van der Waals surface area contributed by atoms with Crippen LogP contribution in [0.4, 0.5) is 0 Å². The van der Waals surface area contributed by atoms with Crippen molar-refractivity contribution >= 4 is 17.3 Å². The third-order valence-electron chi connectivity index (χ3n) is 4.07. The van der Waals surface area contributed by atoms with Crippen molar-refractivity contribution in [1.29, 1.82) is 0 Å². The molecule has 0 bridgehead atoms. The molecule has 0 saturated carbocycles. The van der Waals surface area contributed by atoms with Gasteiger partial charge in [0.25, 0.3) is 0 Å². The van der Waals surface area contributed by atoms with E-state index < -0.39 is 5.97 Å². The zero-order valence-electron chi connectivity index (χ0n) is 15.4. The van der Waals surface area contributed by atoms with E-state index in [2.05, 4.69) is 15.1 Å². The van der Waals surface area contributed by atoms with Crippen molar-refractivity contribution in [2.24, 2.45) is 0 Å². The molecule has 0 atom stereocenters. The Balaban J connectivity index is 1.52. The molecule has 4 heterocycles. The van der Waals surface area contributed by atoms with Gasteiger partial charge in [0.1, 0.15) is 24.1 Å². The first-order chi connectivity index (χ1) is 13.6. The average Bonchev–Trinajstić information content (AvgIpc) is 3.46. The first kappa shape index (κ1) is 18.1. The van der Waals surface area contributed by atoms with E-state index in [4.69, 9.17) is 9.15 Å². The van der Waals surface area contributed by atoms with Crippen LogP contribution in [0.5, 0.6) is 0 Å². The van der Waals surface area contributed by atoms with Gasteiger partial charge >= 0.3 is 5.97 Å². The summed E-state index contributed by atoms with van der Waals surface area (Å²) in [7, 11) is 0. The van der Waals surface area contributed by atoms with E-state index in [1.807, 2.05) is 49.6 Å². The van der Waals surface area contributed by atoms with Gasteiger partial charge in [0.05, 0.1) is 16.8 Å². The maximum atomic E-state index is 12.7. The van der Waals surface area contributed by atoms with Crippen LogP contribution in [0.1, 0.15) is 41.5 Å². The molecule has 0 aliphatic carbocycles. The number of nitrogens with zero attached hydrogens (tertiary/aromatic N) is 4. The summed E-state index contributed by atoms with van der Waals surface area (Å²) in [5.74, 6) is 0.783. The first-order valence-corrected chi connectivity index (χ1v) is 9.66. The predicted octanol–water partition coefficient (Wildman–Crippen LogP) is 4.46. The van der Waals surface area contributed by atoms with Gasteiger partial charge in [-0.3, -0.25) is 0 Å². The van der Waals surface area contributed by atoms with Crippen molar-refractivity contribution in [3.8, 4) is 16.6 Å². The molecule has 4 rings (SSSR count). The van der Waals surface area contributed by atoms with E-state index >= 15 is 0 Å². The van der Waals surface area contributed by atoms with Crippen LogP contribution in [0, 0.1) is 0 Å². The molecular formula is C20H18N4O3S. The number of ether oxygens (including phenoxy) is 1. The summed E-state index contributed by atoms with van der Waals surface area (Å²) in [5, 5.41) is 6.29. The summed E-state index contributed by atoms with van der Waals surface area (Å²) in [6.45, 7) is 4.02. The Morgan fingerprint density at radius 2 is 2.18 bits per heavy atom. The lowest BCUT2D eigenvalue weighted by Crippen LogP contribution is -2.11. The summed E-state index contributed by atoms with van der Waals surface area (Å²) in [6.07, 6.45) is 4.71. The number of rotatable bonds is 6. The van der Waals surface area contributed by atoms with Crippen molar-refractivity contribution in [3.63, 3.8) is 0 Å². The highest BCUT2D eigenvalue weighted by Crippen LogP contribution is 2.25. The second-order valence-corrected chi connectivity index (χ2v) is 7.34. The van der Waals surface area contributed by atoms with Crippen LogP contribution in [0.3, 0.4) is 0 Å². The van der Waals surface area contributed by atoms with Crippen LogP contribution in [-0.2, 0) is 11.3 Å². The van der Waals surface area contributed by atoms with Gasteiger partial charge in [-0.2, -0.15) is 5.10 Å². The number of hydrogen-bond donors (Lipinski definition) is 0. The van der Waals surface area contributed by atoms with E-state index in [0.29, 0.717) is 23.0 Å². The Morgan fingerprint density at radius 3 is 2.89 bits per heavy atom. The molecular weight excluding hydrogens is 376 g/mol. The Morgan fingerprint density at radius 1 is 1.29 bits per heavy atom. The zero-order chi connectivity index (χ0) is 19.5. The maximum Gasteiger partial charge on any atom is 0.342 e. The molecule has 0 unspecified atom stereocenters. The second kappa shape index (κ2) is 7.77. The van der Waals surface area contributed by atoms with Crippen LogP contribution >= 0.6 is 11.3 Å². The third kappa shape index (κ3) is 3.59. The molecule has 142 valence electrons. The van der Waals surface area contributed by atoms with Gasteiger partial charge in [0, 0.05) is 6.20 Å². The molecule has 0 radical (unpaired) electrons. The molecule has 8 heteroatoms. The highest BCUT2D eigenvalue weighted by atomic mass is 32.1.